The highest BCUT2D eigenvalue weighted by Gasteiger charge is 2.59. The fraction of sp³-hybridized carbons (Fsp3) is 0.923. The fourth-order valence-electron chi connectivity index (χ4n) is 2.41. The number of nitrogens with zero attached hydrogens (tertiary/aromatic N) is 1. The molecule has 1 fully saturated rings. The van der Waals surface area contributed by atoms with Crippen molar-refractivity contribution in [2.45, 2.75) is 65.4 Å². The standard InChI is InChI=1S/C13H26NO2/c1-7-12(3,4)9-13(5,14(6)8-2)10-11(15)16-10/h10-11,15H,6-9H2,1-5H3/q+1. The lowest BCUT2D eigenvalue weighted by Gasteiger charge is -2.33. The Kier molecular flexibility index (Phi) is 3.80. The van der Waals surface area contributed by atoms with Crippen LogP contribution in [0.1, 0.15) is 47.5 Å². The minimum atomic E-state index is -0.603. The molecule has 1 rings (SSSR count). The Morgan fingerprint density at radius 1 is 1.31 bits per heavy atom. The lowest BCUT2D eigenvalue weighted by atomic mass is 9.75. The summed E-state index contributed by atoms with van der Waals surface area (Å²) in [6.45, 7) is 15.9. The maximum atomic E-state index is 9.50. The third kappa shape index (κ3) is 2.64. The van der Waals surface area contributed by atoms with E-state index in [1.807, 2.05) is 4.58 Å². The van der Waals surface area contributed by atoms with Crippen LogP contribution in [0, 0.1) is 5.41 Å². The van der Waals surface area contributed by atoms with E-state index in [-0.39, 0.29) is 17.1 Å². The molecule has 1 aliphatic rings. The summed E-state index contributed by atoms with van der Waals surface area (Å²) < 4.78 is 7.32. The molecule has 0 saturated carbocycles. The molecule has 3 nitrogen and oxygen atoms in total. The van der Waals surface area contributed by atoms with Gasteiger partial charge in [0.25, 0.3) is 0 Å². The molecule has 0 aromatic rings. The average Bonchev–Trinajstić information content (AvgIpc) is 2.94. The van der Waals surface area contributed by atoms with Crippen LogP contribution in [0.25, 0.3) is 0 Å². The van der Waals surface area contributed by atoms with Gasteiger partial charge in [-0.25, -0.2) is 4.58 Å². The highest BCUT2D eigenvalue weighted by molar-refractivity contribution is 5.17. The molecular formula is C13H26NO2+. The second kappa shape index (κ2) is 4.46. The molecule has 0 spiro atoms. The van der Waals surface area contributed by atoms with Crippen LogP contribution in [0.4, 0.5) is 0 Å². The van der Waals surface area contributed by atoms with Crippen LogP contribution in [0.5, 0.6) is 0 Å². The lowest BCUT2D eigenvalue weighted by Crippen LogP contribution is -2.48. The average molecular weight is 228 g/mol. The molecule has 1 saturated heterocycles. The summed E-state index contributed by atoms with van der Waals surface area (Å²) in [4.78, 5) is 0. The molecule has 1 aliphatic heterocycles. The van der Waals surface area contributed by atoms with Gasteiger partial charge in [-0.15, -0.1) is 0 Å². The summed E-state index contributed by atoms with van der Waals surface area (Å²) in [5, 5.41) is 9.50. The number of aliphatic hydroxyl groups excluding tert-OH is 1. The predicted molar refractivity (Wildman–Crippen MR) is 65.9 cm³/mol. The van der Waals surface area contributed by atoms with Gasteiger partial charge < -0.3 is 9.84 Å². The first-order chi connectivity index (χ1) is 7.27. The molecule has 16 heavy (non-hydrogen) atoms. The van der Waals surface area contributed by atoms with E-state index in [1.54, 1.807) is 0 Å². The predicted octanol–water partition coefficient (Wildman–Crippen LogP) is 2.02. The molecule has 3 heteroatoms. The van der Waals surface area contributed by atoms with Crippen molar-refractivity contribution in [3.63, 3.8) is 0 Å². The molecule has 3 unspecified atom stereocenters. The van der Waals surface area contributed by atoms with Gasteiger partial charge in [-0.1, -0.05) is 27.2 Å². The van der Waals surface area contributed by atoms with Crippen molar-refractivity contribution < 1.29 is 14.4 Å². The zero-order valence-corrected chi connectivity index (χ0v) is 11.3. The van der Waals surface area contributed by atoms with Crippen molar-refractivity contribution in [1.82, 2.24) is 0 Å². The van der Waals surface area contributed by atoms with Gasteiger partial charge in [-0.05, 0) is 12.3 Å². The van der Waals surface area contributed by atoms with Gasteiger partial charge in [-0.3, -0.25) is 0 Å². The first-order valence-corrected chi connectivity index (χ1v) is 6.18. The normalized spacial score (nSPS) is 28.6. The van der Waals surface area contributed by atoms with Gasteiger partial charge in [0.05, 0.1) is 0 Å². The second-order valence-electron chi connectivity index (χ2n) is 5.86. The molecule has 0 bridgehead atoms. The van der Waals surface area contributed by atoms with Gasteiger partial charge >= 0.3 is 0 Å². The Labute approximate surface area is 99.1 Å². The molecule has 0 aromatic heterocycles. The van der Waals surface area contributed by atoms with E-state index in [0.717, 1.165) is 19.4 Å². The van der Waals surface area contributed by atoms with E-state index in [1.165, 1.54) is 0 Å². The van der Waals surface area contributed by atoms with Crippen LogP contribution >= 0.6 is 0 Å². The highest BCUT2D eigenvalue weighted by atomic mass is 16.7. The van der Waals surface area contributed by atoms with Crippen LogP contribution < -0.4 is 0 Å². The fourth-order valence-corrected chi connectivity index (χ4v) is 2.41. The van der Waals surface area contributed by atoms with E-state index in [4.69, 9.17) is 4.74 Å². The van der Waals surface area contributed by atoms with Gasteiger partial charge in [0.15, 0.2) is 17.9 Å². The smallest absolute Gasteiger partial charge is 0.190 e. The van der Waals surface area contributed by atoms with Gasteiger partial charge in [0.1, 0.15) is 13.3 Å². The van der Waals surface area contributed by atoms with Crippen LogP contribution in [-0.2, 0) is 4.74 Å². The lowest BCUT2D eigenvalue weighted by molar-refractivity contribution is -0.601. The molecule has 0 amide bonds. The summed E-state index contributed by atoms with van der Waals surface area (Å²) in [5.41, 5.74) is 0.0687. The van der Waals surface area contributed by atoms with Crippen molar-refractivity contribution in [2.75, 3.05) is 6.54 Å². The number of ether oxygens (including phenoxy) is 1. The second-order valence-corrected chi connectivity index (χ2v) is 5.86. The molecule has 3 atom stereocenters. The number of hydrogen-bond donors (Lipinski definition) is 1. The van der Waals surface area contributed by atoms with Crippen molar-refractivity contribution >= 4 is 6.72 Å². The number of likely N-dealkylation sites (N-methyl/N-ethyl adjacent to an activating group) is 1. The molecule has 0 aromatic carbocycles. The van der Waals surface area contributed by atoms with Crippen LogP contribution in [0.15, 0.2) is 0 Å². The SMILES string of the molecule is C=[N+](CC)C(C)(CC(C)(C)CC)C1OC1O. The van der Waals surface area contributed by atoms with E-state index in [9.17, 15) is 5.11 Å². The Morgan fingerprint density at radius 3 is 2.12 bits per heavy atom. The van der Waals surface area contributed by atoms with Crippen molar-refractivity contribution in [3.8, 4) is 0 Å². The number of rotatable bonds is 6. The quantitative estimate of drug-likeness (QED) is 0.429. The maximum absolute atomic E-state index is 9.50. The summed E-state index contributed by atoms with van der Waals surface area (Å²) >= 11 is 0. The molecule has 0 aliphatic carbocycles. The minimum Gasteiger partial charge on any atom is -0.366 e. The molecule has 1 N–H and O–H groups in total. The van der Waals surface area contributed by atoms with E-state index >= 15 is 0 Å². The molecule has 94 valence electrons. The van der Waals surface area contributed by atoms with E-state index in [0.29, 0.717) is 0 Å². The topological polar surface area (TPSA) is 35.8 Å². The van der Waals surface area contributed by atoms with Gasteiger partial charge in [0.2, 0.25) is 0 Å². The van der Waals surface area contributed by atoms with Crippen LogP contribution in [0.3, 0.4) is 0 Å². The van der Waals surface area contributed by atoms with E-state index < -0.39 is 6.29 Å². The summed E-state index contributed by atoms with van der Waals surface area (Å²) in [6, 6.07) is 0. The molecular weight excluding hydrogens is 202 g/mol. The first kappa shape index (κ1) is 13.7. The summed E-state index contributed by atoms with van der Waals surface area (Å²) in [6.07, 6.45) is 1.41. The Morgan fingerprint density at radius 2 is 1.81 bits per heavy atom. The molecule has 1 heterocycles. The summed E-state index contributed by atoms with van der Waals surface area (Å²) in [7, 11) is 0. The Balaban J connectivity index is 2.84. The Bertz CT molecular complexity index is 275. The van der Waals surface area contributed by atoms with Gasteiger partial charge in [-0.2, -0.15) is 0 Å². The zero-order valence-electron chi connectivity index (χ0n) is 11.3. The van der Waals surface area contributed by atoms with Crippen LogP contribution in [-0.4, -0.2) is 40.9 Å². The largest absolute Gasteiger partial charge is 0.366 e. The van der Waals surface area contributed by atoms with Crippen LogP contribution in [0.2, 0.25) is 0 Å². The maximum Gasteiger partial charge on any atom is 0.190 e. The minimum absolute atomic E-state index is 0.0872. The monoisotopic (exact) mass is 228 g/mol. The third-order valence-electron chi connectivity index (χ3n) is 3.98. The van der Waals surface area contributed by atoms with Gasteiger partial charge in [0, 0.05) is 13.3 Å². The summed E-state index contributed by atoms with van der Waals surface area (Å²) in [5.74, 6) is 0. The van der Waals surface area contributed by atoms with Crippen molar-refractivity contribution in [1.29, 1.82) is 0 Å². The number of aliphatic hydroxyl groups is 1. The zero-order chi connectivity index (χ0) is 12.6. The number of hydrogen-bond acceptors (Lipinski definition) is 2. The van der Waals surface area contributed by atoms with E-state index in [2.05, 4.69) is 41.3 Å². The molecule has 0 radical (unpaired) electrons. The number of epoxide rings is 1. The van der Waals surface area contributed by atoms with Crippen molar-refractivity contribution in [2.24, 2.45) is 5.41 Å². The first-order valence-electron chi connectivity index (χ1n) is 6.18. The third-order valence-corrected chi connectivity index (χ3v) is 3.98. The Hall–Kier alpha value is -0.410. The van der Waals surface area contributed by atoms with Crippen molar-refractivity contribution in [3.05, 3.63) is 0 Å². The highest BCUT2D eigenvalue weighted by Crippen LogP contribution is 2.41.